The Bertz CT molecular complexity index is 982. The summed E-state index contributed by atoms with van der Waals surface area (Å²) in [5, 5.41) is 2.06. The van der Waals surface area contributed by atoms with Gasteiger partial charge in [0.1, 0.15) is 0 Å². The van der Waals surface area contributed by atoms with Crippen LogP contribution in [0.4, 0.5) is 0 Å². The molecule has 3 rings (SSSR count). The number of ether oxygens (including phenoxy) is 1. The van der Waals surface area contributed by atoms with E-state index in [1.807, 2.05) is 43.3 Å². The number of benzene rings is 2. The average molecular weight is 491 g/mol. The van der Waals surface area contributed by atoms with Crippen LogP contribution in [0.1, 0.15) is 59.8 Å². The second-order valence-corrected chi connectivity index (χ2v) is 14.5. The highest BCUT2D eigenvalue weighted by molar-refractivity contribution is 6.99. The van der Waals surface area contributed by atoms with E-state index in [4.69, 9.17) is 9.16 Å². The predicted octanol–water partition coefficient (Wildman–Crippen LogP) is 5.51. The molecule has 2 aromatic rings. The van der Waals surface area contributed by atoms with E-state index < -0.39 is 14.4 Å². The molecule has 1 aliphatic heterocycles. The molecule has 186 valence electrons. The molecule has 2 aromatic carbocycles. The standard InChI is InChI=1S/C30H38O4Si/c1-24-14-8-5-9-15-25(31)20-21-26(22-23-29(32)33-24)34-35(30(2,3)4,27-16-10-6-11-17-27)28-18-12-7-13-19-28/h6-7,10-13,16-24,26H,5,8-9,14-15H2,1-4H3/b21-20-,23-22+/t24-,26+/m0/s1. The second-order valence-electron chi connectivity index (χ2n) is 10.3. The molecule has 2 atom stereocenters. The lowest BCUT2D eigenvalue weighted by Crippen LogP contribution is -2.67. The summed E-state index contributed by atoms with van der Waals surface area (Å²) in [6.07, 6.45) is 9.89. The fourth-order valence-electron chi connectivity index (χ4n) is 4.70. The molecular formula is C30H38O4Si. The number of esters is 1. The Kier molecular flexibility index (Phi) is 9.41. The number of cyclic esters (lactones) is 1. The third-order valence-electron chi connectivity index (χ3n) is 6.47. The highest BCUT2D eigenvalue weighted by atomic mass is 28.4. The van der Waals surface area contributed by atoms with Gasteiger partial charge in [0.15, 0.2) is 5.78 Å². The predicted molar refractivity (Wildman–Crippen MR) is 144 cm³/mol. The Hall–Kier alpha value is -2.76. The monoisotopic (exact) mass is 490 g/mol. The fourth-order valence-corrected chi connectivity index (χ4v) is 9.28. The van der Waals surface area contributed by atoms with Crippen molar-refractivity contribution < 1.29 is 18.8 Å². The van der Waals surface area contributed by atoms with Crippen molar-refractivity contribution in [3.8, 4) is 0 Å². The number of hydrogen-bond donors (Lipinski definition) is 0. The third kappa shape index (κ3) is 7.12. The Morgan fingerprint density at radius 3 is 1.97 bits per heavy atom. The van der Waals surface area contributed by atoms with Crippen LogP contribution in [0.2, 0.25) is 5.04 Å². The molecule has 0 aromatic heterocycles. The van der Waals surface area contributed by atoms with Gasteiger partial charge in [-0.3, -0.25) is 4.79 Å². The van der Waals surface area contributed by atoms with E-state index in [1.165, 1.54) is 6.08 Å². The van der Waals surface area contributed by atoms with Crippen molar-refractivity contribution in [2.24, 2.45) is 0 Å². The van der Waals surface area contributed by atoms with Gasteiger partial charge in [-0.1, -0.05) is 87.9 Å². The number of allylic oxidation sites excluding steroid dienone is 1. The van der Waals surface area contributed by atoms with Gasteiger partial charge in [-0.2, -0.15) is 0 Å². The molecule has 1 heterocycles. The highest BCUT2D eigenvalue weighted by Crippen LogP contribution is 2.37. The van der Waals surface area contributed by atoms with Crippen LogP contribution in [0.25, 0.3) is 0 Å². The first-order valence-corrected chi connectivity index (χ1v) is 14.5. The zero-order valence-electron chi connectivity index (χ0n) is 21.4. The normalized spacial score (nSPS) is 22.6. The molecule has 1 aliphatic rings. The van der Waals surface area contributed by atoms with Gasteiger partial charge in [0, 0.05) is 12.5 Å². The summed E-state index contributed by atoms with van der Waals surface area (Å²) in [7, 11) is -2.87. The van der Waals surface area contributed by atoms with Crippen molar-refractivity contribution in [2.45, 2.75) is 77.0 Å². The summed E-state index contributed by atoms with van der Waals surface area (Å²) in [6, 6.07) is 20.7. The molecule has 0 unspecified atom stereocenters. The Morgan fingerprint density at radius 2 is 1.40 bits per heavy atom. The van der Waals surface area contributed by atoms with Crippen LogP contribution < -0.4 is 10.4 Å². The lowest BCUT2D eigenvalue weighted by Gasteiger charge is -2.44. The smallest absolute Gasteiger partial charge is 0.330 e. The number of ketones is 1. The van der Waals surface area contributed by atoms with Crippen molar-refractivity contribution in [3.63, 3.8) is 0 Å². The molecule has 4 nitrogen and oxygen atoms in total. The van der Waals surface area contributed by atoms with Gasteiger partial charge in [-0.25, -0.2) is 4.79 Å². The summed E-state index contributed by atoms with van der Waals surface area (Å²) in [5.41, 5.74) is 0. The molecular weight excluding hydrogens is 452 g/mol. The van der Waals surface area contributed by atoms with Crippen LogP contribution >= 0.6 is 0 Å². The Labute approximate surface area is 211 Å². The van der Waals surface area contributed by atoms with Crippen molar-refractivity contribution in [2.75, 3.05) is 0 Å². The SMILES string of the molecule is C[C@H]1CCCCCC(=O)/C=C\[C@@H](O[Si](c2ccccc2)(c2ccccc2)C(C)(C)C)/C=C/C(=O)O1. The molecule has 0 spiro atoms. The largest absolute Gasteiger partial charge is 0.460 e. The van der Waals surface area contributed by atoms with Gasteiger partial charge in [0.25, 0.3) is 8.32 Å². The van der Waals surface area contributed by atoms with Crippen LogP contribution in [0, 0.1) is 0 Å². The summed E-state index contributed by atoms with van der Waals surface area (Å²) < 4.78 is 12.7. The minimum absolute atomic E-state index is 0.0853. The van der Waals surface area contributed by atoms with Gasteiger partial charge >= 0.3 is 5.97 Å². The topological polar surface area (TPSA) is 52.6 Å². The van der Waals surface area contributed by atoms with Crippen molar-refractivity contribution in [3.05, 3.63) is 85.0 Å². The maximum Gasteiger partial charge on any atom is 0.330 e. The molecule has 0 fully saturated rings. The first-order valence-electron chi connectivity index (χ1n) is 12.6. The number of carbonyl (C=O) groups excluding carboxylic acids is 2. The van der Waals surface area contributed by atoms with Crippen LogP contribution in [-0.2, 0) is 18.8 Å². The lowest BCUT2D eigenvalue weighted by molar-refractivity contribution is -0.142. The molecule has 0 amide bonds. The zero-order valence-corrected chi connectivity index (χ0v) is 22.4. The molecule has 35 heavy (non-hydrogen) atoms. The number of hydrogen-bond acceptors (Lipinski definition) is 4. The van der Waals surface area contributed by atoms with Crippen LogP contribution in [0.3, 0.4) is 0 Å². The first-order chi connectivity index (χ1) is 16.7. The zero-order chi connectivity index (χ0) is 25.3. The van der Waals surface area contributed by atoms with Crippen molar-refractivity contribution in [1.29, 1.82) is 0 Å². The second kappa shape index (κ2) is 12.3. The molecule has 0 N–H and O–H groups in total. The van der Waals surface area contributed by atoms with Crippen LogP contribution in [-0.4, -0.2) is 32.3 Å². The van der Waals surface area contributed by atoms with E-state index in [9.17, 15) is 9.59 Å². The Morgan fingerprint density at radius 1 is 0.829 bits per heavy atom. The van der Waals surface area contributed by atoms with Crippen molar-refractivity contribution >= 4 is 30.4 Å². The molecule has 0 aliphatic carbocycles. The molecule has 0 saturated heterocycles. The average Bonchev–Trinajstić information content (AvgIpc) is 2.83. The van der Waals surface area contributed by atoms with Gasteiger partial charge < -0.3 is 9.16 Å². The number of carbonyl (C=O) groups is 2. The third-order valence-corrected chi connectivity index (χ3v) is 11.5. The van der Waals surface area contributed by atoms with Crippen LogP contribution in [0.5, 0.6) is 0 Å². The summed E-state index contributed by atoms with van der Waals surface area (Å²) in [4.78, 5) is 25.1. The van der Waals surface area contributed by atoms with E-state index in [0.29, 0.717) is 6.42 Å². The lowest BCUT2D eigenvalue weighted by atomic mass is 10.1. The summed E-state index contributed by atoms with van der Waals surface area (Å²) >= 11 is 0. The fraction of sp³-hybridized carbons (Fsp3) is 0.400. The maximum absolute atomic E-state index is 12.6. The molecule has 0 saturated carbocycles. The molecule has 0 bridgehead atoms. The summed E-state index contributed by atoms with van der Waals surface area (Å²) in [6.45, 7) is 8.53. The minimum atomic E-state index is -2.87. The molecule has 5 heteroatoms. The van der Waals surface area contributed by atoms with Crippen molar-refractivity contribution in [1.82, 2.24) is 0 Å². The van der Waals surface area contributed by atoms with E-state index in [-0.39, 0.29) is 22.9 Å². The van der Waals surface area contributed by atoms with E-state index in [0.717, 1.165) is 36.1 Å². The highest BCUT2D eigenvalue weighted by Gasteiger charge is 2.51. The van der Waals surface area contributed by atoms with Gasteiger partial charge in [-0.05, 0) is 59.8 Å². The van der Waals surface area contributed by atoms with E-state index >= 15 is 0 Å². The van der Waals surface area contributed by atoms with Crippen LogP contribution in [0.15, 0.2) is 85.0 Å². The minimum Gasteiger partial charge on any atom is -0.460 e. The van der Waals surface area contributed by atoms with Gasteiger partial charge in [0.2, 0.25) is 0 Å². The summed E-state index contributed by atoms with van der Waals surface area (Å²) in [5.74, 6) is -0.299. The Balaban J connectivity index is 2.08. The van der Waals surface area contributed by atoms with Gasteiger partial charge in [0.05, 0.1) is 12.2 Å². The first kappa shape index (κ1) is 26.8. The molecule has 0 radical (unpaired) electrons. The van der Waals surface area contributed by atoms with E-state index in [1.54, 1.807) is 18.2 Å². The van der Waals surface area contributed by atoms with E-state index in [2.05, 4.69) is 45.0 Å². The van der Waals surface area contributed by atoms with Gasteiger partial charge in [-0.15, -0.1) is 0 Å². The maximum atomic E-state index is 12.6. The number of rotatable bonds is 4. The quantitative estimate of drug-likeness (QED) is 0.419.